The second kappa shape index (κ2) is 7.94. The highest BCUT2D eigenvalue weighted by Gasteiger charge is 2.18. The molecule has 9 nitrogen and oxygen atoms in total. The molecule has 4 aromatic rings. The zero-order chi connectivity index (χ0) is 22.1. The first kappa shape index (κ1) is 20.1. The van der Waals surface area contributed by atoms with E-state index in [4.69, 9.17) is 0 Å². The number of carbonyl (C=O) groups is 2. The van der Waals surface area contributed by atoms with Crippen molar-refractivity contribution in [3.63, 3.8) is 0 Å². The van der Waals surface area contributed by atoms with Crippen molar-refractivity contribution >= 4 is 33.6 Å². The molecule has 2 amide bonds. The van der Waals surface area contributed by atoms with Crippen LogP contribution in [0.1, 0.15) is 40.0 Å². The molecule has 0 radical (unpaired) electrons. The van der Waals surface area contributed by atoms with E-state index in [9.17, 15) is 23.2 Å². The number of halogens is 2. The molecule has 2 heterocycles. The number of hydrazine groups is 1. The third-order valence-electron chi connectivity index (χ3n) is 4.64. The number of carbonyl (C=O) groups excluding carboxylic acids is 2. The lowest BCUT2D eigenvalue weighted by Crippen LogP contribution is -2.42. The van der Waals surface area contributed by atoms with Crippen LogP contribution in [-0.4, -0.2) is 31.6 Å². The van der Waals surface area contributed by atoms with Crippen LogP contribution in [0.2, 0.25) is 0 Å². The minimum absolute atomic E-state index is 0.0251. The van der Waals surface area contributed by atoms with E-state index in [1.807, 2.05) is 0 Å². The topological polar surface area (TPSA) is 122 Å². The van der Waals surface area contributed by atoms with Crippen LogP contribution in [0, 0.1) is 0 Å². The molecule has 0 bridgehead atoms. The standard InChI is InChI=1S/C20H16F2N6O3/c1-2-28-20(31)12-6-4-3-5-11(12)15(27-28)19(30)26-25-18(29)10-7-8-13-14(9-10)24-17(23-13)16(21)22/h3-9,16H,2H2,1H3,(H,23,24)(H,25,29)(H,26,30). The Morgan fingerprint density at radius 2 is 1.81 bits per heavy atom. The van der Waals surface area contributed by atoms with Gasteiger partial charge in [-0.3, -0.25) is 25.2 Å². The maximum Gasteiger partial charge on any atom is 0.295 e. The fourth-order valence-corrected chi connectivity index (χ4v) is 3.14. The summed E-state index contributed by atoms with van der Waals surface area (Å²) in [5, 5.41) is 4.76. The summed E-state index contributed by atoms with van der Waals surface area (Å²) in [6, 6.07) is 10.7. The maximum atomic E-state index is 12.8. The molecule has 0 atom stereocenters. The summed E-state index contributed by atoms with van der Waals surface area (Å²) in [6.45, 7) is 1.98. The van der Waals surface area contributed by atoms with Gasteiger partial charge in [-0.05, 0) is 31.2 Å². The van der Waals surface area contributed by atoms with E-state index in [1.165, 1.54) is 18.2 Å². The zero-order valence-electron chi connectivity index (χ0n) is 16.1. The van der Waals surface area contributed by atoms with E-state index < -0.39 is 24.1 Å². The summed E-state index contributed by atoms with van der Waals surface area (Å²) in [5.41, 5.74) is 4.85. The van der Waals surface area contributed by atoms with Gasteiger partial charge in [0.05, 0.1) is 16.4 Å². The Labute approximate surface area is 173 Å². The molecule has 4 rings (SSSR count). The fraction of sp³-hybridized carbons (Fsp3) is 0.150. The summed E-state index contributed by atoms with van der Waals surface area (Å²) in [6.07, 6.45) is -2.77. The molecular weight excluding hydrogens is 410 g/mol. The number of amides is 2. The molecule has 0 aliphatic rings. The van der Waals surface area contributed by atoms with Crippen LogP contribution in [0.15, 0.2) is 47.3 Å². The number of imidazole rings is 1. The van der Waals surface area contributed by atoms with E-state index in [1.54, 1.807) is 31.2 Å². The lowest BCUT2D eigenvalue weighted by atomic mass is 10.1. The van der Waals surface area contributed by atoms with Crippen molar-refractivity contribution in [1.82, 2.24) is 30.6 Å². The molecule has 31 heavy (non-hydrogen) atoms. The van der Waals surface area contributed by atoms with Crippen LogP contribution in [0.5, 0.6) is 0 Å². The van der Waals surface area contributed by atoms with Gasteiger partial charge in [0.1, 0.15) is 0 Å². The number of H-pyrrole nitrogens is 1. The van der Waals surface area contributed by atoms with Gasteiger partial charge in [-0.1, -0.05) is 18.2 Å². The monoisotopic (exact) mass is 426 g/mol. The van der Waals surface area contributed by atoms with Crippen molar-refractivity contribution in [2.75, 3.05) is 0 Å². The Hall–Kier alpha value is -4.15. The third kappa shape index (κ3) is 3.72. The Balaban J connectivity index is 1.56. The number of aromatic amines is 1. The van der Waals surface area contributed by atoms with Crippen molar-refractivity contribution < 1.29 is 18.4 Å². The number of benzene rings is 2. The molecular formula is C20H16F2N6O3. The van der Waals surface area contributed by atoms with Crippen molar-refractivity contribution in [2.45, 2.75) is 19.9 Å². The van der Waals surface area contributed by atoms with Crippen molar-refractivity contribution in [3.05, 3.63) is 69.9 Å². The highest BCUT2D eigenvalue weighted by Crippen LogP contribution is 2.20. The van der Waals surface area contributed by atoms with Crippen molar-refractivity contribution in [1.29, 1.82) is 0 Å². The Kier molecular flexibility index (Phi) is 5.15. The van der Waals surface area contributed by atoms with Gasteiger partial charge in [-0.2, -0.15) is 5.10 Å². The van der Waals surface area contributed by atoms with Crippen LogP contribution in [0.25, 0.3) is 21.8 Å². The normalized spacial score (nSPS) is 11.2. The van der Waals surface area contributed by atoms with Crippen LogP contribution in [0.4, 0.5) is 8.78 Å². The largest absolute Gasteiger partial charge is 0.337 e. The first-order valence-electron chi connectivity index (χ1n) is 9.27. The molecule has 11 heteroatoms. The first-order valence-corrected chi connectivity index (χ1v) is 9.27. The lowest BCUT2D eigenvalue weighted by Gasteiger charge is -2.11. The van der Waals surface area contributed by atoms with Crippen LogP contribution < -0.4 is 16.4 Å². The molecule has 2 aromatic carbocycles. The highest BCUT2D eigenvalue weighted by atomic mass is 19.3. The van der Waals surface area contributed by atoms with Crippen LogP contribution in [0.3, 0.4) is 0 Å². The summed E-state index contributed by atoms with van der Waals surface area (Å²) in [7, 11) is 0. The quantitative estimate of drug-likeness (QED) is 0.433. The van der Waals surface area contributed by atoms with E-state index >= 15 is 0 Å². The highest BCUT2D eigenvalue weighted by molar-refractivity contribution is 6.06. The number of hydrogen-bond donors (Lipinski definition) is 3. The molecule has 0 aliphatic carbocycles. The van der Waals surface area contributed by atoms with Crippen molar-refractivity contribution in [3.8, 4) is 0 Å². The van der Waals surface area contributed by atoms with Gasteiger partial charge in [0.25, 0.3) is 23.8 Å². The van der Waals surface area contributed by atoms with Crippen LogP contribution >= 0.6 is 0 Å². The molecule has 0 saturated heterocycles. The number of hydrogen-bond acceptors (Lipinski definition) is 5. The predicted molar refractivity (Wildman–Crippen MR) is 108 cm³/mol. The molecule has 158 valence electrons. The molecule has 0 saturated carbocycles. The molecule has 2 aromatic heterocycles. The molecule has 0 spiro atoms. The lowest BCUT2D eigenvalue weighted by molar-refractivity contribution is 0.0843. The van der Waals surface area contributed by atoms with Gasteiger partial charge in [-0.25, -0.2) is 18.4 Å². The molecule has 3 N–H and O–H groups in total. The number of alkyl halides is 2. The molecule has 0 fully saturated rings. The SMILES string of the molecule is CCn1nc(C(=O)NNC(=O)c2ccc3nc(C(F)F)[nH]c3c2)c2ccccc2c1=O. The number of rotatable bonds is 4. The number of aromatic nitrogens is 4. The van der Waals surface area contributed by atoms with E-state index in [0.29, 0.717) is 10.8 Å². The van der Waals surface area contributed by atoms with E-state index in [0.717, 1.165) is 4.68 Å². The fourth-order valence-electron chi connectivity index (χ4n) is 3.14. The average molecular weight is 426 g/mol. The second-order valence-corrected chi connectivity index (χ2v) is 6.58. The Morgan fingerprint density at radius 1 is 1.10 bits per heavy atom. The predicted octanol–water partition coefficient (Wildman–Crippen LogP) is 2.31. The Bertz CT molecular complexity index is 1380. The average Bonchev–Trinajstić information content (AvgIpc) is 3.21. The smallest absolute Gasteiger partial charge is 0.295 e. The summed E-state index contributed by atoms with van der Waals surface area (Å²) in [4.78, 5) is 43.6. The van der Waals surface area contributed by atoms with Gasteiger partial charge < -0.3 is 4.98 Å². The Morgan fingerprint density at radius 3 is 2.52 bits per heavy atom. The second-order valence-electron chi connectivity index (χ2n) is 6.58. The maximum absolute atomic E-state index is 12.8. The van der Waals surface area contributed by atoms with E-state index in [-0.39, 0.29) is 34.4 Å². The minimum Gasteiger partial charge on any atom is -0.337 e. The number of nitrogens with one attached hydrogen (secondary N) is 3. The molecule has 0 unspecified atom stereocenters. The van der Waals surface area contributed by atoms with Gasteiger partial charge >= 0.3 is 0 Å². The van der Waals surface area contributed by atoms with Gasteiger partial charge in [0.15, 0.2) is 11.5 Å². The number of nitrogens with zero attached hydrogens (tertiary/aromatic N) is 3. The van der Waals surface area contributed by atoms with Gasteiger partial charge in [0, 0.05) is 17.5 Å². The third-order valence-corrected chi connectivity index (χ3v) is 4.64. The number of fused-ring (bicyclic) bond motifs is 2. The summed E-state index contributed by atoms with van der Waals surface area (Å²) >= 11 is 0. The summed E-state index contributed by atoms with van der Waals surface area (Å²) in [5.74, 6) is -1.88. The molecule has 0 aliphatic heterocycles. The zero-order valence-corrected chi connectivity index (χ0v) is 16.1. The minimum atomic E-state index is -2.77. The van der Waals surface area contributed by atoms with Crippen molar-refractivity contribution in [2.24, 2.45) is 0 Å². The number of aryl methyl sites for hydroxylation is 1. The van der Waals surface area contributed by atoms with Gasteiger partial charge in [-0.15, -0.1) is 0 Å². The van der Waals surface area contributed by atoms with E-state index in [2.05, 4.69) is 25.9 Å². The first-order chi connectivity index (χ1) is 14.9. The van der Waals surface area contributed by atoms with Gasteiger partial charge in [0.2, 0.25) is 0 Å². The van der Waals surface area contributed by atoms with Crippen LogP contribution in [-0.2, 0) is 6.54 Å². The summed E-state index contributed by atoms with van der Waals surface area (Å²) < 4.78 is 26.7.